The van der Waals surface area contributed by atoms with Crippen LogP contribution in [0.15, 0.2) is 48.5 Å². The molecule has 3 aromatic rings. The van der Waals surface area contributed by atoms with Crippen LogP contribution in [0.4, 0.5) is 0 Å². The number of rotatable bonds is 10. The van der Waals surface area contributed by atoms with E-state index in [1.807, 2.05) is 73.9 Å². The smallest absolute Gasteiger partial charge is 0.271 e. The molecule has 192 valence electrons. The summed E-state index contributed by atoms with van der Waals surface area (Å²) in [6, 6.07) is 15.3. The Labute approximate surface area is 212 Å². The highest BCUT2D eigenvalue weighted by molar-refractivity contribution is 6.03. The first kappa shape index (κ1) is 25.6. The van der Waals surface area contributed by atoms with E-state index in [0.717, 1.165) is 16.5 Å². The van der Waals surface area contributed by atoms with Gasteiger partial charge in [-0.2, -0.15) is 0 Å². The fraction of sp³-hybridized carbons (Fsp3) is 0.429. The molecule has 0 fully saturated rings. The zero-order valence-corrected chi connectivity index (χ0v) is 21.7. The van der Waals surface area contributed by atoms with Gasteiger partial charge in [-0.15, -0.1) is 0 Å². The average molecular weight is 494 g/mol. The number of nitrogens with one attached hydrogen (secondary N) is 1. The number of hydrogen-bond donors (Lipinski definition) is 1. The lowest BCUT2D eigenvalue weighted by Gasteiger charge is -2.44. The Morgan fingerprint density at radius 3 is 2.61 bits per heavy atom. The quantitative estimate of drug-likeness (QED) is 0.432. The standard InChI is InChI=1S/C28H35N3O5/c1-19(2)36-15-9-14-29-27(33)28(3)18-30-22-12-7-6-10-20(22)16-23(30)26(32)31(28)17-21-11-8-13-24(34-4)25(21)35-5/h6-8,10-13,16,19H,9,14-15,17-18H2,1-5H3,(H,29,33)/t28-/m0/s1. The van der Waals surface area contributed by atoms with Crippen molar-refractivity contribution in [2.45, 2.75) is 51.9 Å². The van der Waals surface area contributed by atoms with Gasteiger partial charge in [0, 0.05) is 29.6 Å². The summed E-state index contributed by atoms with van der Waals surface area (Å²) in [7, 11) is 3.15. The predicted octanol–water partition coefficient (Wildman–Crippen LogP) is 4.00. The molecular formula is C28H35N3O5. The number of hydrogen-bond acceptors (Lipinski definition) is 5. The van der Waals surface area contributed by atoms with Gasteiger partial charge in [0.25, 0.3) is 5.91 Å². The summed E-state index contributed by atoms with van der Waals surface area (Å²) < 4.78 is 18.6. The highest BCUT2D eigenvalue weighted by Crippen LogP contribution is 2.37. The summed E-state index contributed by atoms with van der Waals surface area (Å²) in [5.41, 5.74) is 1.13. The summed E-state index contributed by atoms with van der Waals surface area (Å²) in [5, 5.41) is 4.01. The topological polar surface area (TPSA) is 82.0 Å². The van der Waals surface area contributed by atoms with Crippen LogP contribution in [0.5, 0.6) is 11.5 Å². The van der Waals surface area contributed by atoms with Crippen LogP contribution in [0.2, 0.25) is 0 Å². The lowest BCUT2D eigenvalue weighted by Crippen LogP contribution is -2.63. The summed E-state index contributed by atoms with van der Waals surface area (Å²) in [5.74, 6) is 0.714. The van der Waals surface area contributed by atoms with Gasteiger partial charge in [-0.05, 0) is 45.4 Å². The van der Waals surface area contributed by atoms with E-state index in [9.17, 15) is 9.59 Å². The van der Waals surface area contributed by atoms with Crippen molar-refractivity contribution in [3.05, 3.63) is 59.8 Å². The van der Waals surface area contributed by atoms with Crippen molar-refractivity contribution >= 4 is 22.7 Å². The molecule has 2 heterocycles. The predicted molar refractivity (Wildman–Crippen MR) is 138 cm³/mol. The van der Waals surface area contributed by atoms with E-state index in [4.69, 9.17) is 14.2 Å². The maximum absolute atomic E-state index is 13.9. The lowest BCUT2D eigenvalue weighted by atomic mass is 9.93. The molecule has 8 heteroatoms. The van der Waals surface area contributed by atoms with Crippen LogP contribution in [0.1, 0.15) is 43.2 Å². The molecule has 2 amide bonds. The van der Waals surface area contributed by atoms with E-state index >= 15 is 0 Å². The Morgan fingerprint density at radius 1 is 1.11 bits per heavy atom. The monoisotopic (exact) mass is 493 g/mol. The molecule has 0 saturated heterocycles. The third-order valence-corrected chi connectivity index (χ3v) is 6.70. The van der Waals surface area contributed by atoms with Gasteiger partial charge in [-0.3, -0.25) is 9.59 Å². The molecule has 0 saturated carbocycles. The molecule has 2 aromatic carbocycles. The van der Waals surface area contributed by atoms with Crippen LogP contribution in [0.25, 0.3) is 10.9 Å². The van der Waals surface area contributed by atoms with E-state index in [2.05, 4.69) is 5.32 Å². The van der Waals surface area contributed by atoms with Crippen LogP contribution in [-0.4, -0.2) is 60.3 Å². The highest BCUT2D eigenvalue weighted by atomic mass is 16.5. The second kappa shape index (κ2) is 10.6. The summed E-state index contributed by atoms with van der Waals surface area (Å²) in [6.07, 6.45) is 0.831. The Kier molecular flexibility index (Phi) is 7.54. The number of ether oxygens (including phenoxy) is 3. The first-order valence-electron chi connectivity index (χ1n) is 12.3. The second-order valence-electron chi connectivity index (χ2n) is 9.52. The van der Waals surface area contributed by atoms with Gasteiger partial charge < -0.3 is 29.0 Å². The third kappa shape index (κ3) is 4.78. The van der Waals surface area contributed by atoms with Crippen molar-refractivity contribution in [3.63, 3.8) is 0 Å². The summed E-state index contributed by atoms with van der Waals surface area (Å²) >= 11 is 0. The van der Waals surface area contributed by atoms with Gasteiger partial charge in [0.2, 0.25) is 5.91 Å². The molecule has 0 spiro atoms. The van der Waals surface area contributed by atoms with Crippen molar-refractivity contribution in [2.75, 3.05) is 27.4 Å². The number of nitrogens with zero attached hydrogens (tertiary/aromatic N) is 2. The molecule has 1 N–H and O–H groups in total. The minimum absolute atomic E-state index is 0.142. The maximum Gasteiger partial charge on any atom is 0.271 e. The fourth-order valence-corrected chi connectivity index (χ4v) is 4.79. The molecule has 8 nitrogen and oxygen atoms in total. The van der Waals surface area contributed by atoms with Gasteiger partial charge in [0.1, 0.15) is 11.2 Å². The number of carbonyl (C=O) groups is 2. The SMILES string of the molecule is COc1cccc(CN2C(=O)c3cc4ccccc4n3C[C@@]2(C)C(=O)NCCCOC(C)C)c1OC. The van der Waals surface area contributed by atoms with Gasteiger partial charge in [0.05, 0.1) is 33.4 Å². The van der Waals surface area contributed by atoms with Crippen LogP contribution >= 0.6 is 0 Å². The molecule has 1 aromatic heterocycles. The van der Waals surface area contributed by atoms with Crippen molar-refractivity contribution in [3.8, 4) is 11.5 Å². The molecule has 0 bridgehead atoms. The normalized spacial score (nSPS) is 17.4. The Hall–Kier alpha value is -3.52. The lowest BCUT2D eigenvalue weighted by molar-refractivity contribution is -0.133. The minimum atomic E-state index is -1.13. The number of methoxy groups -OCH3 is 2. The van der Waals surface area contributed by atoms with Gasteiger partial charge in [-0.1, -0.05) is 30.3 Å². The average Bonchev–Trinajstić information content (AvgIpc) is 3.24. The number of carbonyl (C=O) groups excluding carboxylic acids is 2. The molecule has 1 aliphatic rings. The molecule has 0 unspecified atom stereocenters. The maximum atomic E-state index is 13.9. The number of aromatic nitrogens is 1. The largest absolute Gasteiger partial charge is 0.493 e. The second-order valence-corrected chi connectivity index (χ2v) is 9.52. The van der Waals surface area contributed by atoms with Gasteiger partial charge in [-0.25, -0.2) is 0 Å². The Morgan fingerprint density at radius 2 is 1.89 bits per heavy atom. The third-order valence-electron chi connectivity index (χ3n) is 6.70. The van der Waals surface area contributed by atoms with E-state index in [1.165, 1.54) is 0 Å². The van der Waals surface area contributed by atoms with Crippen LogP contribution in [0, 0.1) is 0 Å². The Bertz CT molecular complexity index is 1250. The molecule has 0 radical (unpaired) electrons. The first-order valence-corrected chi connectivity index (χ1v) is 12.3. The van der Waals surface area contributed by atoms with E-state index in [-0.39, 0.29) is 24.5 Å². The van der Waals surface area contributed by atoms with E-state index in [0.29, 0.717) is 43.3 Å². The number of para-hydroxylation sites is 2. The number of fused-ring (bicyclic) bond motifs is 3. The number of amides is 2. The zero-order chi connectivity index (χ0) is 25.9. The fourth-order valence-electron chi connectivity index (χ4n) is 4.79. The van der Waals surface area contributed by atoms with E-state index in [1.54, 1.807) is 19.1 Å². The van der Waals surface area contributed by atoms with Crippen LogP contribution in [-0.2, 0) is 22.6 Å². The molecule has 1 atom stereocenters. The van der Waals surface area contributed by atoms with Crippen molar-refractivity contribution in [2.24, 2.45) is 0 Å². The van der Waals surface area contributed by atoms with E-state index < -0.39 is 5.54 Å². The first-order chi connectivity index (χ1) is 17.3. The summed E-state index contributed by atoms with van der Waals surface area (Å²) in [4.78, 5) is 29.3. The molecule has 36 heavy (non-hydrogen) atoms. The zero-order valence-electron chi connectivity index (χ0n) is 21.7. The van der Waals surface area contributed by atoms with Crippen LogP contribution in [0.3, 0.4) is 0 Å². The van der Waals surface area contributed by atoms with Crippen molar-refractivity contribution in [1.29, 1.82) is 0 Å². The van der Waals surface area contributed by atoms with Crippen LogP contribution < -0.4 is 14.8 Å². The van der Waals surface area contributed by atoms with Gasteiger partial charge >= 0.3 is 0 Å². The molecule has 4 rings (SSSR count). The van der Waals surface area contributed by atoms with Crippen molar-refractivity contribution < 1.29 is 23.8 Å². The number of benzene rings is 2. The van der Waals surface area contributed by atoms with Gasteiger partial charge in [0.15, 0.2) is 11.5 Å². The Balaban J connectivity index is 1.69. The summed E-state index contributed by atoms with van der Waals surface area (Å²) in [6.45, 7) is 7.35. The highest BCUT2D eigenvalue weighted by Gasteiger charge is 2.47. The minimum Gasteiger partial charge on any atom is -0.493 e. The molecule has 1 aliphatic heterocycles. The van der Waals surface area contributed by atoms with Crippen molar-refractivity contribution in [1.82, 2.24) is 14.8 Å². The molecular weight excluding hydrogens is 458 g/mol. The molecule has 0 aliphatic carbocycles.